The van der Waals surface area contributed by atoms with Crippen molar-refractivity contribution in [3.8, 4) is 11.1 Å². The van der Waals surface area contributed by atoms with Gasteiger partial charge in [-0.15, -0.1) is 11.3 Å². The summed E-state index contributed by atoms with van der Waals surface area (Å²) in [6.07, 6.45) is 1.82. The first-order chi connectivity index (χ1) is 7.84. The average molecular weight is 226 g/mol. The monoisotopic (exact) mass is 226 g/mol. The van der Waals surface area contributed by atoms with Crippen molar-refractivity contribution in [3.05, 3.63) is 47.7 Å². The first kappa shape index (κ1) is 9.48. The van der Waals surface area contributed by atoms with E-state index in [0.29, 0.717) is 0 Å². The van der Waals surface area contributed by atoms with Crippen LogP contribution in [0.1, 0.15) is 5.69 Å². The Hall–Kier alpha value is -1.74. The molecule has 3 heteroatoms. The fourth-order valence-electron chi connectivity index (χ4n) is 1.81. The van der Waals surface area contributed by atoms with Gasteiger partial charge in [0.05, 0.1) is 15.7 Å². The summed E-state index contributed by atoms with van der Waals surface area (Å²) in [5, 5.41) is 0. The molecule has 16 heavy (non-hydrogen) atoms. The number of hydrogen-bond donors (Lipinski definition) is 0. The number of nitrogens with zero attached hydrogens (tertiary/aromatic N) is 2. The number of benzene rings is 1. The number of fused-ring (bicyclic) bond motifs is 1. The van der Waals surface area contributed by atoms with Crippen molar-refractivity contribution in [2.75, 3.05) is 0 Å². The molecule has 0 radical (unpaired) electrons. The van der Waals surface area contributed by atoms with E-state index in [9.17, 15) is 0 Å². The Bertz CT molecular complexity index is 643. The molecule has 0 aliphatic rings. The smallest absolute Gasteiger partial charge is 0.0818 e. The van der Waals surface area contributed by atoms with Crippen molar-refractivity contribution in [2.24, 2.45) is 0 Å². The third kappa shape index (κ3) is 1.49. The summed E-state index contributed by atoms with van der Waals surface area (Å²) in [7, 11) is 0. The summed E-state index contributed by atoms with van der Waals surface area (Å²) >= 11 is 1.67. The van der Waals surface area contributed by atoms with Gasteiger partial charge in [-0.2, -0.15) is 0 Å². The van der Waals surface area contributed by atoms with Crippen LogP contribution in [-0.2, 0) is 0 Å². The number of rotatable bonds is 1. The maximum atomic E-state index is 4.33. The van der Waals surface area contributed by atoms with Gasteiger partial charge in [-0.05, 0) is 30.7 Å². The number of aryl methyl sites for hydroxylation is 1. The van der Waals surface area contributed by atoms with E-state index < -0.39 is 0 Å². The minimum Gasteiger partial charge on any atom is -0.261 e. The Labute approximate surface area is 97.6 Å². The molecule has 0 fully saturated rings. The van der Waals surface area contributed by atoms with Gasteiger partial charge in [-0.25, -0.2) is 4.98 Å². The minimum absolute atomic E-state index is 1.05. The molecule has 0 saturated carbocycles. The Kier molecular flexibility index (Phi) is 2.18. The molecule has 2 aromatic heterocycles. The Morgan fingerprint density at radius 3 is 2.94 bits per heavy atom. The molecule has 2 nitrogen and oxygen atoms in total. The third-order valence-electron chi connectivity index (χ3n) is 2.65. The topological polar surface area (TPSA) is 25.8 Å². The van der Waals surface area contributed by atoms with Crippen LogP contribution in [0.2, 0.25) is 0 Å². The molecule has 0 bridgehead atoms. The molecule has 3 rings (SSSR count). The summed E-state index contributed by atoms with van der Waals surface area (Å²) in [5.74, 6) is 0. The molecule has 0 spiro atoms. The highest BCUT2D eigenvalue weighted by Gasteiger charge is 2.04. The summed E-state index contributed by atoms with van der Waals surface area (Å²) in [6, 6.07) is 10.4. The molecular weight excluding hydrogens is 216 g/mol. The lowest BCUT2D eigenvalue weighted by Gasteiger charge is -2.04. The second kappa shape index (κ2) is 3.68. The van der Waals surface area contributed by atoms with E-state index in [1.165, 1.54) is 15.8 Å². The molecule has 0 unspecified atom stereocenters. The Balaban J connectivity index is 2.22. The zero-order valence-electron chi connectivity index (χ0n) is 8.84. The minimum atomic E-state index is 1.05. The Morgan fingerprint density at radius 2 is 2.06 bits per heavy atom. The van der Waals surface area contributed by atoms with E-state index in [0.717, 1.165) is 11.2 Å². The highest BCUT2D eigenvalue weighted by atomic mass is 32.1. The number of thiazole rings is 1. The van der Waals surface area contributed by atoms with Gasteiger partial charge < -0.3 is 0 Å². The number of aromatic nitrogens is 2. The summed E-state index contributed by atoms with van der Waals surface area (Å²) < 4.78 is 1.23. The van der Waals surface area contributed by atoms with E-state index >= 15 is 0 Å². The summed E-state index contributed by atoms with van der Waals surface area (Å²) in [4.78, 5) is 8.64. The zero-order chi connectivity index (χ0) is 11.0. The SMILES string of the molecule is Cc1ncccc1-c1ccc2scnc2c1. The van der Waals surface area contributed by atoms with Crippen LogP contribution in [0.4, 0.5) is 0 Å². The second-order valence-electron chi connectivity index (χ2n) is 3.67. The van der Waals surface area contributed by atoms with Gasteiger partial charge in [0.25, 0.3) is 0 Å². The maximum absolute atomic E-state index is 4.33. The molecule has 0 N–H and O–H groups in total. The van der Waals surface area contributed by atoms with Gasteiger partial charge in [0.1, 0.15) is 0 Å². The standard InChI is InChI=1S/C13H10N2S/c1-9-11(3-2-6-14-9)10-4-5-13-12(7-10)15-8-16-13/h2-8H,1H3. The highest BCUT2D eigenvalue weighted by molar-refractivity contribution is 7.16. The fraction of sp³-hybridized carbons (Fsp3) is 0.0769. The van der Waals surface area contributed by atoms with Crippen molar-refractivity contribution in [2.45, 2.75) is 6.92 Å². The van der Waals surface area contributed by atoms with Crippen LogP contribution in [0.3, 0.4) is 0 Å². The third-order valence-corrected chi connectivity index (χ3v) is 3.46. The lowest BCUT2D eigenvalue weighted by atomic mass is 10.0. The molecule has 0 aliphatic heterocycles. The van der Waals surface area contributed by atoms with Crippen LogP contribution >= 0.6 is 11.3 Å². The van der Waals surface area contributed by atoms with Crippen molar-refractivity contribution in [1.29, 1.82) is 0 Å². The van der Waals surface area contributed by atoms with Gasteiger partial charge in [-0.3, -0.25) is 4.98 Å². The largest absolute Gasteiger partial charge is 0.261 e. The van der Waals surface area contributed by atoms with Crippen molar-refractivity contribution in [3.63, 3.8) is 0 Å². The van der Waals surface area contributed by atoms with Gasteiger partial charge in [0, 0.05) is 17.5 Å². The maximum Gasteiger partial charge on any atom is 0.0818 e. The molecule has 78 valence electrons. The molecule has 0 amide bonds. The molecular formula is C13H10N2S. The zero-order valence-corrected chi connectivity index (χ0v) is 9.66. The van der Waals surface area contributed by atoms with Crippen molar-refractivity contribution < 1.29 is 0 Å². The van der Waals surface area contributed by atoms with Crippen LogP contribution in [0.15, 0.2) is 42.0 Å². The van der Waals surface area contributed by atoms with Gasteiger partial charge >= 0.3 is 0 Å². The molecule has 1 aromatic carbocycles. The summed E-state index contributed by atoms with van der Waals surface area (Å²) in [6.45, 7) is 2.03. The number of pyridine rings is 1. The van der Waals surface area contributed by atoms with Gasteiger partial charge in [0.2, 0.25) is 0 Å². The van der Waals surface area contributed by atoms with Crippen LogP contribution < -0.4 is 0 Å². The Morgan fingerprint density at radius 1 is 1.12 bits per heavy atom. The molecule has 3 aromatic rings. The highest BCUT2D eigenvalue weighted by Crippen LogP contribution is 2.26. The lowest BCUT2D eigenvalue weighted by Crippen LogP contribution is -1.86. The normalized spacial score (nSPS) is 10.8. The van der Waals surface area contributed by atoms with Crippen LogP contribution in [0.5, 0.6) is 0 Å². The first-order valence-corrected chi connectivity index (χ1v) is 5.98. The van der Waals surface area contributed by atoms with Crippen molar-refractivity contribution >= 4 is 21.6 Å². The van der Waals surface area contributed by atoms with E-state index in [2.05, 4.69) is 34.2 Å². The first-order valence-electron chi connectivity index (χ1n) is 5.10. The van der Waals surface area contributed by atoms with E-state index in [1.807, 2.05) is 24.7 Å². The van der Waals surface area contributed by atoms with Crippen LogP contribution in [0.25, 0.3) is 21.3 Å². The summed E-state index contributed by atoms with van der Waals surface area (Å²) in [5.41, 5.74) is 6.36. The second-order valence-corrected chi connectivity index (χ2v) is 4.56. The number of hydrogen-bond acceptors (Lipinski definition) is 3. The van der Waals surface area contributed by atoms with E-state index in [-0.39, 0.29) is 0 Å². The van der Waals surface area contributed by atoms with E-state index in [1.54, 1.807) is 11.3 Å². The van der Waals surface area contributed by atoms with Crippen molar-refractivity contribution in [1.82, 2.24) is 9.97 Å². The van der Waals surface area contributed by atoms with E-state index in [4.69, 9.17) is 0 Å². The predicted molar refractivity (Wildman–Crippen MR) is 67.6 cm³/mol. The van der Waals surface area contributed by atoms with Crippen LogP contribution in [0, 0.1) is 6.92 Å². The molecule has 0 atom stereocenters. The van der Waals surface area contributed by atoms with Crippen LogP contribution in [-0.4, -0.2) is 9.97 Å². The van der Waals surface area contributed by atoms with Gasteiger partial charge in [-0.1, -0.05) is 12.1 Å². The average Bonchev–Trinajstić information content (AvgIpc) is 2.76. The predicted octanol–water partition coefficient (Wildman–Crippen LogP) is 3.67. The lowest BCUT2D eigenvalue weighted by molar-refractivity contribution is 1.20. The van der Waals surface area contributed by atoms with Gasteiger partial charge in [0.15, 0.2) is 0 Å². The molecule has 0 saturated heterocycles. The quantitative estimate of drug-likeness (QED) is 0.632. The molecule has 2 heterocycles. The molecule has 0 aliphatic carbocycles. The fourth-order valence-corrected chi connectivity index (χ4v) is 2.47.